The molecule has 2 aromatic heterocycles. The highest BCUT2D eigenvalue weighted by Crippen LogP contribution is 2.34. The standard InChI is InChI=1S/C16H12N2O2/c1-8(19)11-5-6-13-16(18-11)15-10-3-7-14(20)9(10)2-4-12(15)17-13/h2,4-6,17H,3,7H2,1H3. The minimum Gasteiger partial charge on any atom is -0.353 e. The van der Waals surface area contributed by atoms with Crippen LogP contribution in [0, 0.1) is 0 Å². The lowest BCUT2D eigenvalue weighted by atomic mass is 10.0. The van der Waals surface area contributed by atoms with Crippen LogP contribution in [-0.2, 0) is 6.42 Å². The zero-order valence-corrected chi connectivity index (χ0v) is 11.0. The molecule has 0 atom stereocenters. The number of H-pyrrole nitrogens is 1. The average Bonchev–Trinajstić information content (AvgIpc) is 2.98. The summed E-state index contributed by atoms with van der Waals surface area (Å²) in [6, 6.07) is 7.41. The van der Waals surface area contributed by atoms with E-state index in [1.165, 1.54) is 6.92 Å². The van der Waals surface area contributed by atoms with Gasteiger partial charge in [-0.05, 0) is 36.2 Å². The number of carbonyl (C=O) groups excluding carboxylic acids is 2. The third-order valence-electron chi connectivity index (χ3n) is 3.98. The summed E-state index contributed by atoms with van der Waals surface area (Å²) < 4.78 is 0. The van der Waals surface area contributed by atoms with Crippen molar-refractivity contribution < 1.29 is 9.59 Å². The van der Waals surface area contributed by atoms with Gasteiger partial charge in [-0.3, -0.25) is 9.59 Å². The summed E-state index contributed by atoms with van der Waals surface area (Å²) in [6.45, 7) is 1.51. The van der Waals surface area contributed by atoms with E-state index in [0.29, 0.717) is 12.1 Å². The van der Waals surface area contributed by atoms with Crippen LogP contribution in [-0.4, -0.2) is 21.5 Å². The second-order valence-corrected chi connectivity index (χ2v) is 5.21. The average molecular weight is 264 g/mol. The van der Waals surface area contributed by atoms with Crippen LogP contribution in [0.5, 0.6) is 0 Å². The van der Waals surface area contributed by atoms with Crippen molar-refractivity contribution in [2.45, 2.75) is 19.8 Å². The van der Waals surface area contributed by atoms with Gasteiger partial charge >= 0.3 is 0 Å². The van der Waals surface area contributed by atoms with Crippen LogP contribution in [0.1, 0.15) is 39.8 Å². The van der Waals surface area contributed by atoms with Crippen LogP contribution in [0.4, 0.5) is 0 Å². The van der Waals surface area contributed by atoms with Crippen molar-refractivity contribution in [3.63, 3.8) is 0 Å². The first-order valence-electron chi connectivity index (χ1n) is 6.63. The van der Waals surface area contributed by atoms with E-state index in [0.717, 1.165) is 39.5 Å². The molecule has 0 radical (unpaired) electrons. The summed E-state index contributed by atoms with van der Waals surface area (Å²) in [4.78, 5) is 31.1. The quantitative estimate of drug-likeness (QED) is 0.687. The maximum absolute atomic E-state index is 11.9. The molecule has 4 nitrogen and oxygen atoms in total. The molecule has 98 valence electrons. The Kier molecular flexibility index (Phi) is 2.13. The number of nitrogens with zero attached hydrogens (tertiary/aromatic N) is 1. The maximum atomic E-state index is 11.9. The molecule has 20 heavy (non-hydrogen) atoms. The summed E-state index contributed by atoms with van der Waals surface area (Å²) in [5, 5.41) is 0.992. The van der Waals surface area contributed by atoms with Crippen molar-refractivity contribution in [2.75, 3.05) is 0 Å². The first kappa shape index (κ1) is 11.3. The lowest BCUT2D eigenvalue weighted by Crippen LogP contribution is -1.96. The van der Waals surface area contributed by atoms with Gasteiger partial charge < -0.3 is 4.98 Å². The molecule has 1 aliphatic carbocycles. The minimum atomic E-state index is -0.0510. The van der Waals surface area contributed by atoms with Crippen molar-refractivity contribution in [1.82, 2.24) is 9.97 Å². The number of rotatable bonds is 1. The molecule has 4 heteroatoms. The predicted octanol–water partition coefficient (Wildman–Crippen LogP) is 3.05. The van der Waals surface area contributed by atoms with E-state index in [-0.39, 0.29) is 11.6 Å². The van der Waals surface area contributed by atoms with E-state index >= 15 is 0 Å². The topological polar surface area (TPSA) is 62.8 Å². The highest BCUT2D eigenvalue weighted by molar-refractivity contribution is 6.13. The summed E-state index contributed by atoms with van der Waals surface area (Å²) in [7, 11) is 0. The van der Waals surface area contributed by atoms with Gasteiger partial charge in [-0.1, -0.05) is 0 Å². The number of hydrogen-bond acceptors (Lipinski definition) is 3. The number of nitrogens with one attached hydrogen (secondary N) is 1. The molecular formula is C16H12N2O2. The first-order chi connectivity index (χ1) is 9.65. The zero-order chi connectivity index (χ0) is 13.9. The molecule has 0 unspecified atom stereocenters. The van der Waals surface area contributed by atoms with Gasteiger partial charge in [0.05, 0.1) is 11.0 Å². The molecular weight excluding hydrogens is 252 g/mol. The van der Waals surface area contributed by atoms with Crippen LogP contribution in [0.25, 0.3) is 21.9 Å². The molecule has 0 spiro atoms. The van der Waals surface area contributed by atoms with E-state index < -0.39 is 0 Å². The van der Waals surface area contributed by atoms with Gasteiger partial charge in [-0.25, -0.2) is 4.98 Å². The third-order valence-corrected chi connectivity index (χ3v) is 3.98. The van der Waals surface area contributed by atoms with Gasteiger partial charge in [-0.15, -0.1) is 0 Å². The van der Waals surface area contributed by atoms with Gasteiger partial charge in [0.1, 0.15) is 5.69 Å². The molecule has 1 aromatic carbocycles. The lowest BCUT2D eigenvalue weighted by Gasteiger charge is -2.00. The fraction of sp³-hybridized carbons (Fsp3) is 0.188. The van der Waals surface area contributed by atoms with Crippen molar-refractivity contribution in [1.29, 1.82) is 0 Å². The lowest BCUT2D eigenvalue weighted by molar-refractivity contribution is 0.0991. The smallest absolute Gasteiger partial charge is 0.178 e. The molecule has 3 aromatic rings. The number of aromatic nitrogens is 2. The molecule has 0 aliphatic heterocycles. The predicted molar refractivity (Wildman–Crippen MR) is 76.3 cm³/mol. The number of aryl methyl sites for hydroxylation is 1. The third kappa shape index (κ3) is 1.39. The van der Waals surface area contributed by atoms with Crippen LogP contribution >= 0.6 is 0 Å². The van der Waals surface area contributed by atoms with Gasteiger partial charge in [0.2, 0.25) is 0 Å². The van der Waals surface area contributed by atoms with Gasteiger partial charge in [-0.2, -0.15) is 0 Å². The van der Waals surface area contributed by atoms with Gasteiger partial charge in [0.25, 0.3) is 0 Å². The molecule has 0 fully saturated rings. The summed E-state index contributed by atoms with van der Waals surface area (Å²) in [5.41, 5.74) is 4.99. The minimum absolute atomic E-state index is 0.0510. The Bertz CT molecular complexity index is 906. The van der Waals surface area contributed by atoms with E-state index in [4.69, 9.17) is 0 Å². The molecule has 2 heterocycles. The number of benzene rings is 1. The largest absolute Gasteiger partial charge is 0.353 e. The summed E-state index contributed by atoms with van der Waals surface area (Å²) >= 11 is 0. The van der Waals surface area contributed by atoms with Crippen LogP contribution in [0.15, 0.2) is 24.3 Å². The number of carbonyl (C=O) groups is 2. The molecule has 1 N–H and O–H groups in total. The number of fused-ring (bicyclic) bond motifs is 5. The van der Waals surface area contributed by atoms with Crippen molar-refractivity contribution in [3.05, 3.63) is 41.1 Å². The Balaban J connectivity index is 2.16. The van der Waals surface area contributed by atoms with Crippen LogP contribution in [0.2, 0.25) is 0 Å². The normalized spacial score (nSPS) is 14.2. The highest BCUT2D eigenvalue weighted by atomic mass is 16.1. The highest BCUT2D eigenvalue weighted by Gasteiger charge is 2.23. The maximum Gasteiger partial charge on any atom is 0.178 e. The Labute approximate surface area is 114 Å². The number of pyridine rings is 1. The van der Waals surface area contributed by atoms with Gasteiger partial charge in [0, 0.05) is 29.8 Å². The SMILES string of the molecule is CC(=O)c1ccc2[nH]c3ccc4c(c3c2n1)CCC4=O. The van der Waals surface area contributed by atoms with Gasteiger partial charge in [0.15, 0.2) is 11.6 Å². The van der Waals surface area contributed by atoms with Crippen molar-refractivity contribution in [2.24, 2.45) is 0 Å². The van der Waals surface area contributed by atoms with Crippen LogP contribution in [0.3, 0.4) is 0 Å². The fourth-order valence-corrected chi connectivity index (χ4v) is 3.01. The molecule has 0 bridgehead atoms. The number of aromatic amines is 1. The molecule has 0 saturated heterocycles. The number of ketones is 2. The second-order valence-electron chi connectivity index (χ2n) is 5.21. The Morgan fingerprint density at radius 2 is 1.95 bits per heavy atom. The fourth-order valence-electron chi connectivity index (χ4n) is 3.01. The first-order valence-corrected chi connectivity index (χ1v) is 6.63. The zero-order valence-electron chi connectivity index (χ0n) is 11.0. The molecule has 1 aliphatic rings. The van der Waals surface area contributed by atoms with E-state index in [9.17, 15) is 9.59 Å². The monoisotopic (exact) mass is 264 g/mol. The summed E-state index contributed by atoms with van der Waals surface area (Å²) in [5.74, 6) is 0.142. The Morgan fingerprint density at radius 3 is 2.75 bits per heavy atom. The van der Waals surface area contributed by atoms with Crippen molar-refractivity contribution in [3.8, 4) is 0 Å². The Hall–Kier alpha value is -2.49. The molecule has 0 amide bonds. The van der Waals surface area contributed by atoms with E-state index in [1.807, 2.05) is 18.2 Å². The van der Waals surface area contributed by atoms with Crippen LogP contribution < -0.4 is 0 Å². The number of Topliss-reactive ketones (excluding diaryl/α,β-unsaturated/α-hetero) is 2. The van der Waals surface area contributed by atoms with E-state index in [2.05, 4.69) is 9.97 Å². The summed E-state index contributed by atoms with van der Waals surface area (Å²) in [6.07, 6.45) is 1.32. The Morgan fingerprint density at radius 1 is 1.15 bits per heavy atom. The van der Waals surface area contributed by atoms with Crippen molar-refractivity contribution >= 4 is 33.5 Å². The second kappa shape index (κ2) is 3.76. The molecule has 4 rings (SSSR count). The molecule has 0 saturated carbocycles. The number of hydrogen-bond donors (Lipinski definition) is 1. The van der Waals surface area contributed by atoms with E-state index in [1.54, 1.807) is 6.07 Å².